The third-order valence-corrected chi connectivity index (χ3v) is 4.81. The van der Waals surface area contributed by atoms with E-state index in [-0.39, 0.29) is 5.92 Å². The molecule has 1 unspecified atom stereocenters. The van der Waals surface area contributed by atoms with Crippen LogP contribution in [0.5, 0.6) is 0 Å². The number of nitrogen functional groups attached to an aromatic ring is 1. The average Bonchev–Trinajstić information content (AvgIpc) is 2.74. The number of hydrazine groups is 1. The van der Waals surface area contributed by atoms with Gasteiger partial charge in [0.2, 0.25) is 0 Å². The summed E-state index contributed by atoms with van der Waals surface area (Å²) in [4.78, 5) is 11.6. The van der Waals surface area contributed by atoms with E-state index in [0.717, 1.165) is 41.3 Å². The second kappa shape index (κ2) is 5.03. The number of thiophene rings is 1. The summed E-state index contributed by atoms with van der Waals surface area (Å²) < 4.78 is 5.52. The maximum atomic E-state index is 5.63. The Kier molecular flexibility index (Phi) is 3.38. The Bertz CT molecular complexity index is 604. The van der Waals surface area contributed by atoms with Crippen molar-refractivity contribution in [3.05, 3.63) is 16.3 Å². The van der Waals surface area contributed by atoms with Crippen LogP contribution in [-0.2, 0) is 4.74 Å². The Labute approximate surface area is 116 Å². The van der Waals surface area contributed by atoms with Gasteiger partial charge in [-0.05, 0) is 32.3 Å². The highest BCUT2D eigenvalue weighted by molar-refractivity contribution is 7.18. The van der Waals surface area contributed by atoms with E-state index in [4.69, 9.17) is 15.6 Å². The number of aryl methyl sites for hydroxylation is 2. The fourth-order valence-electron chi connectivity index (χ4n) is 2.50. The number of fused-ring (bicyclic) bond motifs is 1. The SMILES string of the molecule is Cc1sc2nc(C3CCCOC3)nc(NN)c2c1C. The van der Waals surface area contributed by atoms with Crippen LogP contribution >= 0.6 is 11.3 Å². The molecule has 19 heavy (non-hydrogen) atoms. The molecular weight excluding hydrogens is 260 g/mol. The van der Waals surface area contributed by atoms with E-state index in [2.05, 4.69) is 24.3 Å². The summed E-state index contributed by atoms with van der Waals surface area (Å²) in [5.74, 6) is 7.49. The van der Waals surface area contributed by atoms with Crippen molar-refractivity contribution < 1.29 is 4.74 Å². The predicted molar refractivity (Wildman–Crippen MR) is 77.5 cm³/mol. The zero-order valence-electron chi connectivity index (χ0n) is 11.2. The van der Waals surface area contributed by atoms with Crippen molar-refractivity contribution in [1.29, 1.82) is 0 Å². The first-order chi connectivity index (χ1) is 9.20. The van der Waals surface area contributed by atoms with E-state index >= 15 is 0 Å². The summed E-state index contributed by atoms with van der Waals surface area (Å²) >= 11 is 1.70. The maximum absolute atomic E-state index is 5.63. The Balaban J connectivity index is 2.11. The van der Waals surface area contributed by atoms with Crippen LogP contribution in [0.4, 0.5) is 5.82 Å². The molecule has 0 radical (unpaired) electrons. The molecule has 2 aromatic heterocycles. The minimum Gasteiger partial charge on any atom is -0.381 e. The van der Waals surface area contributed by atoms with Crippen molar-refractivity contribution in [1.82, 2.24) is 9.97 Å². The summed E-state index contributed by atoms with van der Waals surface area (Å²) in [6, 6.07) is 0. The van der Waals surface area contributed by atoms with Crippen molar-refractivity contribution in [2.75, 3.05) is 18.6 Å². The van der Waals surface area contributed by atoms with Crippen LogP contribution in [-0.4, -0.2) is 23.2 Å². The van der Waals surface area contributed by atoms with E-state index in [1.165, 1.54) is 10.4 Å². The van der Waals surface area contributed by atoms with Crippen LogP contribution in [0.2, 0.25) is 0 Å². The van der Waals surface area contributed by atoms with E-state index in [9.17, 15) is 0 Å². The standard InChI is InChI=1S/C13H18N4OS/c1-7-8(2)19-13-10(7)12(17-14)15-11(16-13)9-4-3-5-18-6-9/h9H,3-6,14H2,1-2H3,(H,15,16,17). The van der Waals surface area contributed by atoms with Crippen molar-refractivity contribution in [2.24, 2.45) is 5.84 Å². The van der Waals surface area contributed by atoms with Gasteiger partial charge >= 0.3 is 0 Å². The number of nitrogens with two attached hydrogens (primary N) is 1. The number of aromatic nitrogens is 2. The van der Waals surface area contributed by atoms with Crippen molar-refractivity contribution in [3.8, 4) is 0 Å². The summed E-state index contributed by atoms with van der Waals surface area (Å²) in [5.41, 5.74) is 3.93. The van der Waals surface area contributed by atoms with E-state index in [1.54, 1.807) is 11.3 Å². The zero-order chi connectivity index (χ0) is 13.4. The molecule has 0 amide bonds. The molecule has 2 aromatic rings. The van der Waals surface area contributed by atoms with Gasteiger partial charge in [-0.15, -0.1) is 11.3 Å². The predicted octanol–water partition coefficient (Wildman–Crippen LogP) is 2.49. The second-order valence-corrected chi connectivity index (χ2v) is 6.16. The number of ether oxygens (including phenoxy) is 1. The molecule has 1 aliphatic heterocycles. The fraction of sp³-hybridized carbons (Fsp3) is 0.538. The number of nitrogens with one attached hydrogen (secondary N) is 1. The topological polar surface area (TPSA) is 73.1 Å². The third-order valence-electron chi connectivity index (χ3n) is 3.71. The number of hydrogen-bond donors (Lipinski definition) is 2. The highest BCUT2D eigenvalue weighted by atomic mass is 32.1. The normalized spacial score (nSPS) is 19.8. The summed E-state index contributed by atoms with van der Waals surface area (Å²) in [7, 11) is 0. The van der Waals surface area contributed by atoms with Crippen LogP contribution < -0.4 is 11.3 Å². The third kappa shape index (κ3) is 2.20. The van der Waals surface area contributed by atoms with Gasteiger partial charge in [0.15, 0.2) is 5.82 Å². The summed E-state index contributed by atoms with van der Waals surface area (Å²) in [6.07, 6.45) is 2.15. The molecule has 3 heterocycles. The first-order valence-electron chi connectivity index (χ1n) is 6.52. The summed E-state index contributed by atoms with van der Waals surface area (Å²) in [6.45, 7) is 5.74. The molecule has 1 aliphatic rings. The van der Waals surface area contributed by atoms with Gasteiger partial charge in [0.25, 0.3) is 0 Å². The molecule has 1 atom stereocenters. The average molecular weight is 278 g/mol. The van der Waals surface area contributed by atoms with Crippen LogP contribution in [0.1, 0.15) is 35.0 Å². The van der Waals surface area contributed by atoms with Gasteiger partial charge in [0, 0.05) is 17.4 Å². The van der Waals surface area contributed by atoms with Gasteiger partial charge in [-0.1, -0.05) is 0 Å². The maximum Gasteiger partial charge on any atom is 0.152 e. The molecule has 0 spiro atoms. The monoisotopic (exact) mass is 278 g/mol. The van der Waals surface area contributed by atoms with E-state index < -0.39 is 0 Å². The highest BCUT2D eigenvalue weighted by Crippen LogP contribution is 2.34. The molecule has 0 aromatic carbocycles. The molecular formula is C13H18N4OS. The molecule has 1 saturated heterocycles. The second-order valence-electron chi connectivity index (χ2n) is 4.95. The van der Waals surface area contributed by atoms with Gasteiger partial charge in [0.1, 0.15) is 10.7 Å². The van der Waals surface area contributed by atoms with Gasteiger partial charge in [-0.2, -0.15) is 0 Å². The number of anilines is 1. The van der Waals surface area contributed by atoms with Crippen molar-refractivity contribution >= 4 is 27.4 Å². The highest BCUT2D eigenvalue weighted by Gasteiger charge is 2.22. The van der Waals surface area contributed by atoms with Gasteiger partial charge in [0.05, 0.1) is 12.0 Å². The quantitative estimate of drug-likeness (QED) is 0.652. The Hall–Kier alpha value is -1.24. The minimum atomic E-state index is 0.285. The van der Waals surface area contributed by atoms with Crippen molar-refractivity contribution in [2.45, 2.75) is 32.6 Å². The molecule has 0 saturated carbocycles. The largest absolute Gasteiger partial charge is 0.381 e. The van der Waals surface area contributed by atoms with E-state index in [0.29, 0.717) is 6.61 Å². The summed E-state index contributed by atoms with van der Waals surface area (Å²) in [5, 5.41) is 1.05. The Morgan fingerprint density at radius 3 is 2.89 bits per heavy atom. The molecule has 0 aliphatic carbocycles. The lowest BCUT2D eigenvalue weighted by Gasteiger charge is -2.21. The van der Waals surface area contributed by atoms with Crippen LogP contribution in [0.15, 0.2) is 0 Å². The van der Waals surface area contributed by atoms with Gasteiger partial charge in [-0.25, -0.2) is 15.8 Å². The smallest absolute Gasteiger partial charge is 0.152 e. The minimum absolute atomic E-state index is 0.285. The molecule has 0 bridgehead atoms. The molecule has 5 nitrogen and oxygen atoms in total. The Morgan fingerprint density at radius 2 is 2.21 bits per heavy atom. The molecule has 102 valence electrons. The van der Waals surface area contributed by atoms with Gasteiger partial charge < -0.3 is 10.2 Å². The van der Waals surface area contributed by atoms with E-state index in [1.807, 2.05) is 0 Å². The lowest BCUT2D eigenvalue weighted by molar-refractivity contribution is 0.0782. The first-order valence-corrected chi connectivity index (χ1v) is 7.34. The Morgan fingerprint density at radius 1 is 1.37 bits per heavy atom. The number of rotatable bonds is 2. The number of nitrogens with zero attached hydrogens (tertiary/aromatic N) is 2. The molecule has 1 fully saturated rings. The molecule has 6 heteroatoms. The molecule has 3 rings (SSSR count). The molecule has 3 N–H and O–H groups in total. The zero-order valence-corrected chi connectivity index (χ0v) is 12.0. The lowest BCUT2D eigenvalue weighted by atomic mass is 10.0. The fourth-order valence-corrected chi connectivity index (χ4v) is 3.53. The first kappa shape index (κ1) is 12.8. The van der Waals surface area contributed by atoms with Crippen LogP contribution in [0.3, 0.4) is 0 Å². The van der Waals surface area contributed by atoms with Crippen LogP contribution in [0, 0.1) is 13.8 Å². The van der Waals surface area contributed by atoms with Gasteiger partial charge in [-0.3, -0.25) is 0 Å². The van der Waals surface area contributed by atoms with Crippen molar-refractivity contribution in [3.63, 3.8) is 0 Å². The lowest BCUT2D eigenvalue weighted by Crippen LogP contribution is -2.19. The van der Waals surface area contributed by atoms with Crippen LogP contribution in [0.25, 0.3) is 10.2 Å². The number of hydrogen-bond acceptors (Lipinski definition) is 6.